The van der Waals surface area contributed by atoms with Gasteiger partial charge in [0.05, 0.1) is 18.3 Å². The first-order valence-corrected chi connectivity index (χ1v) is 5.13. The van der Waals surface area contributed by atoms with E-state index in [0.29, 0.717) is 11.7 Å². The summed E-state index contributed by atoms with van der Waals surface area (Å²) in [6, 6.07) is 1.28. The van der Waals surface area contributed by atoms with Crippen molar-refractivity contribution in [3.8, 4) is 0 Å². The lowest BCUT2D eigenvalue weighted by atomic mass is 9.94. The molecular formula is C10H16N2O2. The van der Waals surface area contributed by atoms with Gasteiger partial charge in [0, 0.05) is 6.07 Å². The smallest absolute Gasteiger partial charge is 0.156 e. The van der Waals surface area contributed by atoms with Crippen LogP contribution in [-0.2, 0) is 0 Å². The summed E-state index contributed by atoms with van der Waals surface area (Å²) < 4.78 is 4.94. The Labute approximate surface area is 83.1 Å². The molecule has 2 unspecified atom stereocenters. The molecule has 1 aromatic rings. The summed E-state index contributed by atoms with van der Waals surface area (Å²) in [5.41, 5.74) is 5.88. The Bertz CT molecular complexity index is 268. The van der Waals surface area contributed by atoms with E-state index in [1.54, 1.807) is 12.3 Å². The molecule has 1 saturated carbocycles. The molecule has 1 aromatic heterocycles. The van der Waals surface area contributed by atoms with Crippen LogP contribution in [-0.4, -0.2) is 16.4 Å². The summed E-state index contributed by atoms with van der Waals surface area (Å²) in [7, 11) is 0. The third-order valence-corrected chi connectivity index (χ3v) is 3.04. The van der Waals surface area contributed by atoms with Crippen LogP contribution >= 0.6 is 0 Å². The lowest BCUT2D eigenvalue weighted by Gasteiger charge is -2.21. The Morgan fingerprint density at radius 3 is 2.79 bits per heavy atom. The van der Waals surface area contributed by atoms with Crippen molar-refractivity contribution < 1.29 is 9.63 Å². The normalized spacial score (nSPS) is 22.4. The number of rotatable bonds is 3. The van der Waals surface area contributed by atoms with E-state index in [4.69, 9.17) is 10.3 Å². The number of nitrogens with zero attached hydrogens (tertiary/aromatic N) is 1. The van der Waals surface area contributed by atoms with Crippen LogP contribution in [0.5, 0.6) is 0 Å². The summed E-state index contributed by atoms with van der Waals surface area (Å²) in [5.74, 6) is 0.902. The molecule has 1 aliphatic carbocycles. The molecule has 2 atom stereocenters. The van der Waals surface area contributed by atoms with E-state index >= 15 is 0 Å². The predicted octanol–water partition coefficient (Wildman–Crippen LogP) is 1.23. The minimum absolute atomic E-state index is 0.329. The Morgan fingerprint density at radius 2 is 2.21 bits per heavy atom. The van der Waals surface area contributed by atoms with Crippen LogP contribution in [0, 0.1) is 5.92 Å². The van der Waals surface area contributed by atoms with Crippen LogP contribution < -0.4 is 5.73 Å². The van der Waals surface area contributed by atoms with Gasteiger partial charge in [0.25, 0.3) is 0 Å². The van der Waals surface area contributed by atoms with Crippen LogP contribution in [0.3, 0.4) is 0 Å². The van der Waals surface area contributed by atoms with Gasteiger partial charge in [-0.05, 0) is 18.8 Å². The van der Waals surface area contributed by atoms with Crippen LogP contribution in [0.4, 0.5) is 0 Å². The Morgan fingerprint density at radius 1 is 1.50 bits per heavy atom. The van der Waals surface area contributed by atoms with Crippen LogP contribution in [0.1, 0.15) is 37.5 Å². The van der Waals surface area contributed by atoms with Gasteiger partial charge in [-0.3, -0.25) is 0 Å². The van der Waals surface area contributed by atoms with Crippen molar-refractivity contribution in [3.63, 3.8) is 0 Å². The van der Waals surface area contributed by atoms with Crippen molar-refractivity contribution in [3.05, 3.63) is 18.0 Å². The summed E-state index contributed by atoms with van der Waals surface area (Å²) in [5, 5.41) is 13.6. The molecule has 2 rings (SSSR count). The molecule has 1 aliphatic rings. The highest BCUT2D eigenvalue weighted by molar-refractivity contribution is 5.03. The number of aliphatic hydroxyl groups is 1. The summed E-state index contributed by atoms with van der Waals surface area (Å²) in [4.78, 5) is 0. The molecule has 1 fully saturated rings. The molecular weight excluding hydrogens is 180 g/mol. The molecule has 0 aromatic carbocycles. The van der Waals surface area contributed by atoms with Gasteiger partial charge in [0.15, 0.2) is 5.76 Å². The van der Waals surface area contributed by atoms with E-state index in [1.807, 2.05) is 0 Å². The average Bonchev–Trinajstić information content (AvgIpc) is 2.87. The van der Waals surface area contributed by atoms with Crippen molar-refractivity contribution in [1.29, 1.82) is 0 Å². The fraction of sp³-hybridized carbons (Fsp3) is 0.700. The van der Waals surface area contributed by atoms with E-state index in [9.17, 15) is 5.11 Å². The zero-order valence-electron chi connectivity index (χ0n) is 8.10. The van der Waals surface area contributed by atoms with Gasteiger partial charge in [0.1, 0.15) is 0 Å². The maximum atomic E-state index is 9.98. The van der Waals surface area contributed by atoms with Crippen molar-refractivity contribution >= 4 is 0 Å². The van der Waals surface area contributed by atoms with Gasteiger partial charge >= 0.3 is 0 Å². The predicted molar refractivity (Wildman–Crippen MR) is 51.4 cm³/mol. The van der Waals surface area contributed by atoms with Crippen molar-refractivity contribution in [1.82, 2.24) is 5.16 Å². The highest BCUT2D eigenvalue weighted by Crippen LogP contribution is 2.32. The monoisotopic (exact) mass is 196 g/mol. The van der Waals surface area contributed by atoms with Gasteiger partial charge in [-0.15, -0.1) is 0 Å². The molecule has 1 heterocycles. The zero-order valence-corrected chi connectivity index (χ0v) is 8.10. The molecule has 0 aliphatic heterocycles. The summed E-state index contributed by atoms with van der Waals surface area (Å²) in [6.07, 6.45) is 5.60. The largest absolute Gasteiger partial charge is 0.391 e. The third-order valence-electron chi connectivity index (χ3n) is 3.04. The molecule has 0 radical (unpaired) electrons. The molecule has 78 valence electrons. The molecule has 3 N–H and O–H groups in total. The van der Waals surface area contributed by atoms with E-state index in [0.717, 1.165) is 12.8 Å². The lowest BCUT2D eigenvalue weighted by molar-refractivity contribution is 0.0747. The van der Waals surface area contributed by atoms with Gasteiger partial charge in [-0.1, -0.05) is 18.0 Å². The highest BCUT2D eigenvalue weighted by Gasteiger charge is 2.30. The molecule has 14 heavy (non-hydrogen) atoms. The quantitative estimate of drug-likeness (QED) is 0.762. The molecule has 4 nitrogen and oxygen atoms in total. The van der Waals surface area contributed by atoms with E-state index in [1.165, 1.54) is 12.8 Å². The molecule has 0 spiro atoms. The highest BCUT2D eigenvalue weighted by atomic mass is 16.5. The molecule has 4 heteroatoms. The average molecular weight is 196 g/mol. The van der Waals surface area contributed by atoms with Gasteiger partial charge in [0.2, 0.25) is 0 Å². The minimum Gasteiger partial charge on any atom is -0.391 e. The Hall–Kier alpha value is -0.870. The van der Waals surface area contributed by atoms with E-state index < -0.39 is 12.1 Å². The van der Waals surface area contributed by atoms with Crippen molar-refractivity contribution in [2.75, 3.05) is 0 Å². The number of aromatic nitrogens is 1. The fourth-order valence-corrected chi connectivity index (χ4v) is 2.16. The van der Waals surface area contributed by atoms with Crippen molar-refractivity contribution in [2.45, 2.75) is 37.8 Å². The van der Waals surface area contributed by atoms with Gasteiger partial charge in [-0.2, -0.15) is 0 Å². The molecule has 0 bridgehead atoms. The maximum Gasteiger partial charge on any atom is 0.156 e. The van der Waals surface area contributed by atoms with Gasteiger partial charge in [-0.25, -0.2) is 0 Å². The minimum atomic E-state index is -0.495. The molecule has 0 amide bonds. The van der Waals surface area contributed by atoms with Crippen LogP contribution in [0.2, 0.25) is 0 Å². The van der Waals surface area contributed by atoms with Crippen molar-refractivity contribution in [2.24, 2.45) is 11.7 Å². The standard InChI is InChI=1S/C10H16N2O2/c11-9(8-5-6-12-14-8)10(13)7-3-1-2-4-7/h5-7,9-10,13H,1-4,11H2. The number of aliphatic hydroxyl groups excluding tert-OH is 1. The van der Waals surface area contributed by atoms with Crippen LogP contribution in [0.25, 0.3) is 0 Å². The van der Waals surface area contributed by atoms with Crippen LogP contribution in [0.15, 0.2) is 16.8 Å². The first-order valence-electron chi connectivity index (χ1n) is 5.13. The maximum absolute atomic E-state index is 9.98. The topological polar surface area (TPSA) is 72.3 Å². The lowest BCUT2D eigenvalue weighted by Crippen LogP contribution is -2.31. The number of hydrogen-bond donors (Lipinski definition) is 2. The summed E-state index contributed by atoms with van der Waals surface area (Å²) in [6.45, 7) is 0. The second-order valence-electron chi connectivity index (χ2n) is 3.98. The van der Waals surface area contributed by atoms with E-state index in [-0.39, 0.29) is 0 Å². The fourth-order valence-electron chi connectivity index (χ4n) is 2.16. The van der Waals surface area contributed by atoms with E-state index in [2.05, 4.69) is 5.16 Å². The Kier molecular flexibility index (Phi) is 2.84. The SMILES string of the molecule is NC(c1ccno1)C(O)C1CCCC1. The third kappa shape index (κ3) is 1.81. The number of hydrogen-bond acceptors (Lipinski definition) is 4. The first-order chi connectivity index (χ1) is 6.79. The second kappa shape index (κ2) is 4.11. The second-order valence-corrected chi connectivity index (χ2v) is 3.98. The first kappa shape index (κ1) is 9.68. The zero-order chi connectivity index (χ0) is 9.97. The number of nitrogens with two attached hydrogens (primary N) is 1. The summed E-state index contributed by atoms with van der Waals surface area (Å²) >= 11 is 0. The Balaban J connectivity index is 2.00. The van der Waals surface area contributed by atoms with Gasteiger partial charge < -0.3 is 15.4 Å². The molecule has 0 saturated heterocycles.